The van der Waals surface area contributed by atoms with Gasteiger partial charge < -0.3 is 10.4 Å². The zero-order valence-electron chi connectivity index (χ0n) is 10.1. The third-order valence-corrected chi connectivity index (χ3v) is 3.18. The summed E-state index contributed by atoms with van der Waals surface area (Å²) in [5.74, 6) is 0.245. The Bertz CT molecular complexity index is 479. The Morgan fingerprint density at radius 3 is 2.50 bits per heavy atom. The molecular formula is C15H16ClNO. The van der Waals surface area contributed by atoms with Crippen LogP contribution in [0.25, 0.3) is 0 Å². The van der Waals surface area contributed by atoms with Crippen LogP contribution in [0, 0.1) is 0 Å². The molecule has 0 unspecified atom stereocenters. The number of benzene rings is 2. The number of phenols is 1. The van der Waals surface area contributed by atoms with Crippen molar-refractivity contribution in [3.05, 3.63) is 64.7 Å². The zero-order chi connectivity index (χ0) is 12.8. The highest BCUT2D eigenvalue weighted by Crippen LogP contribution is 2.24. The third-order valence-electron chi connectivity index (χ3n) is 2.83. The van der Waals surface area contributed by atoms with Gasteiger partial charge >= 0.3 is 0 Å². The topological polar surface area (TPSA) is 32.3 Å². The van der Waals surface area contributed by atoms with Gasteiger partial charge in [-0.05, 0) is 30.7 Å². The first-order chi connectivity index (χ1) is 8.77. The summed E-state index contributed by atoms with van der Waals surface area (Å²) in [4.78, 5) is 0. The van der Waals surface area contributed by atoms with Gasteiger partial charge in [-0.1, -0.05) is 48.0 Å². The number of phenolic OH excluding ortho intramolecular Hbond substituents is 1. The second kappa shape index (κ2) is 6.43. The van der Waals surface area contributed by atoms with Gasteiger partial charge in [-0.3, -0.25) is 0 Å². The van der Waals surface area contributed by atoms with Crippen molar-refractivity contribution in [1.82, 2.24) is 5.32 Å². The molecule has 0 atom stereocenters. The Balaban J connectivity index is 1.82. The molecule has 3 heteroatoms. The van der Waals surface area contributed by atoms with Gasteiger partial charge in [-0.15, -0.1) is 0 Å². The highest BCUT2D eigenvalue weighted by molar-refractivity contribution is 6.31. The summed E-state index contributed by atoms with van der Waals surface area (Å²) in [6, 6.07) is 15.5. The lowest BCUT2D eigenvalue weighted by Gasteiger charge is -2.08. The van der Waals surface area contributed by atoms with Crippen molar-refractivity contribution >= 4 is 11.6 Å². The highest BCUT2D eigenvalue weighted by atomic mass is 35.5. The van der Waals surface area contributed by atoms with E-state index in [1.54, 1.807) is 18.2 Å². The monoisotopic (exact) mass is 261 g/mol. The van der Waals surface area contributed by atoms with Gasteiger partial charge in [0.15, 0.2) is 0 Å². The lowest BCUT2D eigenvalue weighted by Crippen LogP contribution is -2.17. The van der Waals surface area contributed by atoms with E-state index in [-0.39, 0.29) is 5.75 Å². The van der Waals surface area contributed by atoms with Crippen LogP contribution in [0.3, 0.4) is 0 Å². The molecule has 18 heavy (non-hydrogen) atoms. The SMILES string of the molecule is Oc1cccc(Cl)c1CNCCc1ccccc1. The molecule has 2 rings (SSSR count). The van der Waals surface area contributed by atoms with Gasteiger partial charge in [0.05, 0.1) is 0 Å². The van der Waals surface area contributed by atoms with Crippen LogP contribution in [0.5, 0.6) is 5.75 Å². The molecule has 0 bridgehead atoms. The molecule has 94 valence electrons. The molecule has 2 nitrogen and oxygen atoms in total. The van der Waals surface area contributed by atoms with Crippen molar-refractivity contribution in [2.24, 2.45) is 0 Å². The predicted octanol–water partition coefficient (Wildman–Crippen LogP) is 3.38. The summed E-state index contributed by atoms with van der Waals surface area (Å²) in [6.07, 6.45) is 0.964. The maximum Gasteiger partial charge on any atom is 0.121 e. The Morgan fingerprint density at radius 2 is 1.78 bits per heavy atom. The van der Waals surface area contributed by atoms with E-state index in [0.717, 1.165) is 18.5 Å². The Morgan fingerprint density at radius 1 is 1.00 bits per heavy atom. The van der Waals surface area contributed by atoms with Crippen LogP contribution < -0.4 is 5.32 Å². The molecule has 0 aliphatic carbocycles. The fraction of sp³-hybridized carbons (Fsp3) is 0.200. The van der Waals surface area contributed by atoms with Crippen LogP contribution in [-0.4, -0.2) is 11.7 Å². The van der Waals surface area contributed by atoms with Crippen molar-refractivity contribution < 1.29 is 5.11 Å². The van der Waals surface area contributed by atoms with E-state index in [0.29, 0.717) is 11.6 Å². The highest BCUT2D eigenvalue weighted by Gasteiger charge is 2.04. The molecule has 0 saturated heterocycles. The van der Waals surface area contributed by atoms with Crippen molar-refractivity contribution in [2.75, 3.05) is 6.54 Å². The summed E-state index contributed by atoms with van der Waals surface area (Å²) in [5, 5.41) is 13.6. The predicted molar refractivity (Wildman–Crippen MR) is 75.0 cm³/mol. The lowest BCUT2D eigenvalue weighted by atomic mass is 10.1. The van der Waals surface area contributed by atoms with Crippen LogP contribution in [-0.2, 0) is 13.0 Å². The molecule has 2 aromatic rings. The fourth-order valence-electron chi connectivity index (χ4n) is 1.81. The number of hydrogen-bond acceptors (Lipinski definition) is 2. The largest absolute Gasteiger partial charge is 0.508 e. The third kappa shape index (κ3) is 3.49. The van der Waals surface area contributed by atoms with Crippen LogP contribution >= 0.6 is 11.6 Å². The molecule has 2 aromatic carbocycles. The van der Waals surface area contributed by atoms with Gasteiger partial charge in [-0.2, -0.15) is 0 Å². The Hall–Kier alpha value is -1.51. The van der Waals surface area contributed by atoms with Crippen LogP contribution in [0.4, 0.5) is 0 Å². The minimum Gasteiger partial charge on any atom is -0.508 e. The molecule has 2 N–H and O–H groups in total. The van der Waals surface area contributed by atoms with Gasteiger partial charge in [0.1, 0.15) is 5.75 Å². The molecule has 0 aliphatic heterocycles. The first kappa shape index (κ1) is 12.9. The van der Waals surface area contributed by atoms with E-state index >= 15 is 0 Å². The van der Waals surface area contributed by atoms with Gasteiger partial charge in [0, 0.05) is 17.1 Å². The summed E-state index contributed by atoms with van der Waals surface area (Å²) in [5.41, 5.74) is 2.06. The van der Waals surface area contributed by atoms with Crippen molar-refractivity contribution in [1.29, 1.82) is 0 Å². The van der Waals surface area contributed by atoms with Crippen molar-refractivity contribution in [2.45, 2.75) is 13.0 Å². The molecule has 0 amide bonds. The first-order valence-electron chi connectivity index (χ1n) is 5.98. The zero-order valence-corrected chi connectivity index (χ0v) is 10.8. The number of rotatable bonds is 5. The summed E-state index contributed by atoms with van der Waals surface area (Å²) < 4.78 is 0. The van der Waals surface area contributed by atoms with Gasteiger partial charge in [0.25, 0.3) is 0 Å². The van der Waals surface area contributed by atoms with Crippen LogP contribution in [0.15, 0.2) is 48.5 Å². The summed E-state index contributed by atoms with van der Waals surface area (Å²) in [6.45, 7) is 1.44. The molecule has 0 fully saturated rings. The minimum absolute atomic E-state index is 0.245. The lowest BCUT2D eigenvalue weighted by molar-refractivity contribution is 0.464. The molecule has 0 aliphatic rings. The normalized spacial score (nSPS) is 10.5. The molecule has 0 radical (unpaired) electrons. The van der Waals surface area contributed by atoms with E-state index in [1.165, 1.54) is 5.56 Å². The van der Waals surface area contributed by atoms with Gasteiger partial charge in [-0.25, -0.2) is 0 Å². The van der Waals surface area contributed by atoms with E-state index in [4.69, 9.17) is 11.6 Å². The summed E-state index contributed by atoms with van der Waals surface area (Å²) >= 11 is 6.03. The molecular weight excluding hydrogens is 246 g/mol. The molecule has 0 aromatic heterocycles. The average molecular weight is 262 g/mol. The van der Waals surface area contributed by atoms with Crippen LogP contribution in [0.1, 0.15) is 11.1 Å². The maximum absolute atomic E-state index is 9.68. The van der Waals surface area contributed by atoms with Crippen molar-refractivity contribution in [3.8, 4) is 5.75 Å². The maximum atomic E-state index is 9.68. The molecule has 0 heterocycles. The number of hydrogen-bond donors (Lipinski definition) is 2. The minimum atomic E-state index is 0.245. The van der Waals surface area contributed by atoms with E-state index in [1.807, 2.05) is 18.2 Å². The standard InChI is InChI=1S/C15H16ClNO/c16-14-7-4-8-15(18)13(14)11-17-10-9-12-5-2-1-3-6-12/h1-8,17-18H,9-11H2. The second-order valence-corrected chi connectivity index (χ2v) is 4.56. The Kier molecular flexibility index (Phi) is 4.62. The van der Waals surface area contributed by atoms with E-state index in [9.17, 15) is 5.11 Å². The quantitative estimate of drug-likeness (QED) is 0.809. The first-order valence-corrected chi connectivity index (χ1v) is 6.36. The van der Waals surface area contributed by atoms with E-state index < -0.39 is 0 Å². The van der Waals surface area contributed by atoms with Gasteiger partial charge in [0.2, 0.25) is 0 Å². The molecule has 0 saturated carbocycles. The number of nitrogens with one attached hydrogen (secondary N) is 1. The van der Waals surface area contributed by atoms with Crippen LogP contribution in [0.2, 0.25) is 5.02 Å². The number of halogens is 1. The fourth-order valence-corrected chi connectivity index (χ4v) is 2.05. The number of aromatic hydroxyl groups is 1. The van der Waals surface area contributed by atoms with E-state index in [2.05, 4.69) is 17.4 Å². The average Bonchev–Trinajstić information content (AvgIpc) is 2.38. The smallest absolute Gasteiger partial charge is 0.121 e. The molecule has 0 spiro atoms. The second-order valence-electron chi connectivity index (χ2n) is 4.15. The Labute approximate surface area is 112 Å². The van der Waals surface area contributed by atoms with Crippen molar-refractivity contribution in [3.63, 3.8) is 0 Å². The summed E-state index contributed by atoms with van der Waals surface area (Å²) in [7, 11) is 0.